The van der Waals surface area contributed by atoms with Crippen LogP contribution in [0.3, 0.4) is 0 Å². The predicted octanol–water partition coefficient (Wildman–Crippen LogP) is 6.30. The number of piperazine rings is 1. The minimum Gasteiger partial charge on any atom is -0.443 e. The number of benzene rings is 1. The molecular weight excluding hydrogens is 849 g/mol. The van der Waals surface area contributed by atoms with Crippen LogP contribution >= 0.6 is 0 Å². The number of nitrogens with one attached hydrogen (secondary N) is 1. The van der Waals surface area contributed by atoms with Gasteiger partial charge in [0.15, 0.2) is 13.5 Å². The molecule has 1 aromatic carbocycles. The van der Waals surface area contributed by atoms with Crippen LogP contribution in [0, 0.1) is 24.7 Å². The summed E-state index contributed by atoms with van der Waals surface area (Å²) < 4.78 is 14.6. The lowest BCUT2D eigenvalue weighted by atomic mass is 9.88. The van der Waals surface area contributed by atoms with Crippen molar-refractivity contribution in [1.82, 2.24) is 39.3 Å². The van der Waals surface area contributed by atoms with Gasteiger partial charge in [-0.25, -0.2) is 9.48 Å². The Bertz CT molecular complexity index is 2420. The molecule has 360 valence electrons. The van der Waals surface area contributed by atoms with Gasteiger partial charge in [0.2, 0.25) is 5.91 Å². The van der Waals surface area contributed by atoms with Crippen molar-refractivity contribution < 1.29 is 28.7 Å². The smallest absolute Gasteiger partial charge is 0.317 e. The molecule has 3 saturated heterocycles. The van der Waals surface area contributed by atoms with E-state index in [1.165, 1.54) is 18.4 Å². The SMILES string of the molecule is C=CCC1(C(=O)OCn2c3c(cc(C4CCN(C(=O)NCC(=O)N5CCN(C6CCN(C)CC6)CC5)CC4)c2=O)CCC=C3)CC1.C=CCC1(C(=O)OCn2ncc3cc(C)cc(C)c32)CC1. The zero-order chi connectivity index (χ0) is 47.3. The molecule has 5 heterocycles. The highest BCUT2D eigenvalue weighted by Crippen LogP contribution is 2.51. The van der Waals surface area contributed by atoms with Crippen LogP contribution in [0.1, 0.15) is 104 Å². The number of fused-ring (bicyclic) bond motifs is 2. The van der Waals surface area contributed by atoms with Gasteiger partial charge in [0.05, 0.1) is 34.8 Å². The maximum Gasteiger partial charge on any atom is 0.317 e. The van der Waals surface area contributed by atoms with Crippen molar-refractivity contribution in [3.05, 3.63) is 94.1 Å². The zero-order valence-corrected chi connectivity index (χ0v) is 39.9. The number of rotatable bonds is 14. The van der Waals surface area contributed by atoms with Gasteiger partial charge >= 0.3 is 18.0 Å². The highest BCUT2D eigenvalue weighted by Gasteiger charge is 2.51. The number of pyridine rings is 1. The highest BCUT2D eigenvalue weighted by molar-refractivity contribution is 5.85. The molecule has 0 radical (unpaired) electrons. The number of urea groups is 1. The molecular formula is C52H70N8O7. The number of aryl methyl sites for hydroxylation is 3. The van der Waals surface area contributed by atoms with Crippen molar-refractivity contribution in [2.75, 3.05) is 66.0 Å². The van der Waals surface area contributed by atoms with Gasteiger partial charge in [-0.2, -0.15) is 5.10 Å². The molecule has 15 nitrogen and oxygen atoms in total. The van der Waals surface area contributed by atoms with Crippen LogP contribution < -0.4 is 10.9 Å². The lowest BCUT2D eigenvalue weighted by molar-refractivity contribution is -0.155. The summed E-state index contributed by atoms with van der Waals surface area (Å²) in [6.07, 6.45) is 19.5. The van der Waals surface area contributed by atoms with E-state index < -0.39 is 5.41 Å². The molecule has 1 N–H and O–H groups in total. The van der Waals surface area contributed by atoms with E-state index >= 15 is 0 Å². The predicted molar refractivity (Wildman–Crippen MR) is 258 cm³/mol. The molecule has 0 bridgehead atoms. The van der Waals surface area contributed by atoms with Crippen molar-refractivity contribution in [3.63, 3.8) is 0 Å². The number of carbonyl (C=O) groups excluding carboxylic acids is 4. The Hall–Kier alpha value is -5.54. The summed E-state index contributed by atoms with van der Waals surface area (Å²) >= 11 is 0. The summed E-state index contributed by atoms with van der Waals surface area (Å²) in [4.78, 5) is 73.3. The number of ether oxygens (including phenoxy) is 2. The zero-order valence-electron chi connectivity index (χ0n) is 39.9. The number of aromatic nitrogens is 3. The number of hydrogen-bond donors (Lipinski definition) is 1. The first-order chi connectivity index (χ1) is 32.3. The van der Waals surface area contributed by atoms with Gasteiger partial charge in [-0.15, -0.1) is 13.2 Å². The molecule has 3 aliphatic heterocycles. The first kappa shape index (κ1) is 47.9. The molecule has 3 aromatic rings. The Morgan fingerprint density at radius 3 is 2.09 bits per heavy atom. The van der Waals surface area contributed by atoms with Gasteiger partial charge in [0.25, 0.3) is 5.56 Å². The maximum atomic E-state index is 13.8. The first-order valence-electron chi connectivity index (χ1n) is 24.5. The third-order valence-corrected chi connectivity index (χ3v) is 15.1. The molecule has 15 heteroatoms. The van der Waals surface area contributed by atoms with Gasteiger partial charge in [-0.05, 0) is 146 Å². The standard InChI is InChI=1S/C35H50N6O5.C17H20N2O2/c1-3-12-35(13-14-35)33(44)46-25-41-30-7-5-4-6-27(30)23-29(32(41)43)26-8-17-40(18-9-26)34(45)36-24-31(42)39-21-19-38(20-22-39)28-10-15-37(2)16-11-28;1-4-5-17(6-7-17)16(20)21-11-19-15-13(3)8-12(2)9-14(15)10-18-19/h3,5,7,23,26,28H,1,4,6,8-22,24-25H2,2H3,(H,36,45);4,8-10H,1,5-7,11H2,2-3H3. The number of hydrogen-bond acceptors (Lipinski definition) is 10. The number of likely N-dealkylation sites (tertiary alicyclic amines) is 2. The van der Waals surface area contributed by atoms with Crippen LogP contribution in [0.15, 0.2) is 60.6 Å². The Balaban J connectivity index is 0.000000241. The molecule has 3 amide bonds. The van der Waals surface area contributed by atoms with Crippen LogP contribution in [0.4, 0.5) is 4.79 Å². The molecule has 9 rings (SSSR count). The van der Waals surface area contributed by atoms with E-state index in [0.717, 1.165) is 98.0 Å². The molecule has 67 heavy (non-hydrogen) atoms. The van der Waals surface area contributed by atoms with Gasteiger partial charge in [0, 0.05) is 56.3 Å². The third-order valence-electron chi connectivity index (χ3n) is 15.1. The molecule has 6 aliphatic rings. The summed E-state index contributed by atoms with van der Waals surface area (Å²) in [6, 6.07) is 6.61. The summed E-state index contributed by atoms with van der Waals surface area (Å²) in [6.45, 7) is 18.1. The fraction of sp³-hybridized carbons (Fsp3) is 0.577. The average molecular weight is 919 g/mol. The van der Waals surface area contributed by atoms with Crippen LogP contribution in [0.5, 0.6) is 0 Å². The second kappa shape index (κ2) is 20.8. The molecule has 0 atom stereocenters. The normalized spacial score (nSPS) is 20.3. The number of allylic oxidation sites excluding steroid dienone is 3. The number of carbonyl (C=O) groups is 4. The minimum absolute atomic E-state index is 0.00282. The summed E-state index contributed by atoms with van der Waals surface area (Å²) in [5.74, 6) is -0.415. The van der Waals surface area contributed by atoms with Gasteiger partial charge in [-0.1, -0.05) is 29.9 Å². The van der Waals surface area contributed by atoms with E-state index in [1.54, 1.807) is 26.3 Å². The number of nitrogens with zero attached hydrogens (tertiary/aromatic N) is 7. The number of amides is 3. The van der Waals surface area contributed by atoms with Crippen LogP contribution in [0.25, 0.3) is 17.0 Å². The van der Waals surface area contributed by atoms with E-state index in [9.17, 15) is 24.0 Å². The van der Waals surface area contributed by atoms with Crippen molar-refractivity contribution in [2.45, 2.75) is 116 Å². The third kappa shape index (κ3) is 10.9. The summed E-state index contributed by atoms with van der Waals surface area (Å²) in [5.41, 5.74) is 5.10. The average Bonchev–Trinajstić information content (AvgIpc) is 4.27. The molecule has 0 spiro atoms. The topological polar surface area (TPSA) is 152 Å². The van der Waals surface area contributed by atoms with Crippen molar-refractivity contribution >= 4 is 40.9 Å². The van der Waals surface area contributed by atoms with Crippen LogP contribution in [0.2, 0.25) is 0 Å². The maximum absolute atomic E-state index is 13.8. The monoisotopic (exact) mass is 919 g/mol. The van der Waals surface area contributed by atoms with Gasteiger partial charge in [-0.3, -0.25) is 28.6 Å². The largest absolute Gasteiger partial charge is 0.443 e. The second-order valence-corrected chi connectivity index (χ2v) is 19.9. The van der Waals surface area contributed by atoms with Gasteiger partial charge in [0.1, 0.15) is 0 Å². The molecule has 0 unspecified atom stereocenters. The van der Waals surface area contributed by atoms with Crippen LogP contribution in [-0.2, 0) is 43.7 Å². The summed E-state index contributed by atoms with van der Waals surface area (Å²) in [7, 11) is 2.17. The van der Waals surface area contributed by atoms with Crippen molar-refractivity contribution in [1.29, 1.82) is 0 Å². The second-order valence-electron chi connectivity index (χ2n) is 19.9. The highest BCUT2D eigenvalue weighted by atomic mass is 16.5. The number of esters is 2. The lowest BCUT2D eigenvalue weighted by Crippen LogP contribution is -2.55. The van der Waals surface area contributed by atoms with E-state index in [4.69, 9.17) is 9.47 Å². The quantitative estimate of drug-likeness (QED) is 0.144. The molecule has 5 fully saturated rings. The first-order valence-corrected chi connectivity index (χ1v) is 24.5. The van der Waals surface area contributed by atoms with Crippen LogP contribution in [-0.4, -0.2) is 130 Å². The Kier molecular flexibility index (Phi) is 14.9. The Morgan fingerprint density at radius 1 is 0.821 bits per heavy atom. The fourth-order valence-corrected chi connectivity index (χ4v) is 10.6. The van der Waals surface area contributed by atoms with E-state index in [1.807, 2.05) is 23.2 Å². The van der Waals surface area contributed by atoms with E-state index in [0.29, 0.717) is 57.9 Å². The Morgan fingerprint density at radius 2 is 1.46 bits per heavy atom. The minimum atomic E-state index is -0.474. The molecule has 2 saturated carbocycles. The van der Waals surface area contributed by atoms with Gasteiger partial charge < -0.3 is 29.5 Å². The van der Waals surface area contributed by atoms with E-state index in [2.05, 4.69) is 72.5 Å². The number of piperidine rings is 2. The van der Waals surface area contributed by atoms with Crippen molar-refractivity contribution in [3.8, 4) is 0 Å². The van der Waals surface area contributed by atoms with E-state index in [-0.39, 0.29) is 60.8 Å². The van der Waals surface area contributed by atoms with Crippen molar-refractivity contribution in [2.24, 2.45) is 10.8 Å². The Labute approximate surface area is 394 Å². The molecule has 2 aromatic heterocycles. The lowest BCUT2D eigenvalue weighted by Gasteiger charge is -2.42. The molecule has 3 aliphatic carbocycles. The summed E-state index contributed by atoms with van der Waals surface area (Å²) in [5, 5.41) is 8.26. The fourth-order valence-electron chi connectivity index (χ4n) is 10.6.